The van der Waals surface area contributed by atoms with E-state index in [-0.39, 0.29) is 5.57 Å². The number of nitrogens with zero attached hydrogens (tertiary/aromatic N) is 1. The largest absolute Gasteiger partial charge is 0.493 e. The highest BCUT2D eigenvalue weighted by Gasteiger charge is 2.08. The normalized spacial score (nSPS) is 10.5. The first-order chi connectivity index (χ1) is 8.12. The average Bonchev–Trinajstić information content (AvgIpc) is 2.34. The van der Waals surface area contributed by atoms with Crippen LogP contribution in [0.5, 0.6) is 11.5 Å². The molecule has 0 atom stereocenters. The zero-order valence-electron chi connectivity index (χ0n) is 9.56. The molecule has 0 saturated carbocycles. The number of allylic oxidation sites excluding steroid dienone is 1. The minimum Gasteiger partial charge on any atom is -0.493 e. The Morgan fingerprint density at radius 3 is 2.47 bits per heavy atom. The summed E-state index contributed by atoms with van der Waals surface area (Å²) in [5.74, 6) is 0.361. The van der Waals surface area contributed by atoms with Crippen LogP contribution in [0.2, 0.25) is 0 Å². The number of rotatable bonds is 4. The van der Waals surface area contributed by atoms with Gasteiger partial charge in [-0.1, -0.05) is 0 Å². The molecule has 1 rings (SSSR count). The van der Waals surface area contributed by atoms with Crippen molar-refractivity contribution in [1.29, 1.82) is 5.26 Å². The van der Waals surface area contributed by atoms with Crippen molar-refractivity contribution in [2.24, 2.45) is 5.73 Å². The van der Waals surface area contributed by atoms with Crippen LogP contribution in [0.3, 0.4) is 0 Å². The summed E-state index contributed by atoms with van der Waals surface area (Å²) in [6.07, 6.45) is 1.07. The number of primary amides is 1. The summed E-state index contributed by atoms with van der Waals surface area (Å²) in [5.41, 5.74) is 5.73. The Labute approximate surface area is 99.1 Å². The molecule has 0 aliphatic rings. The molecule has 2 N–H and O–H groups in total. The van der Waals surface area contributed by atoms with Gasteiger partial charge in [-0.15, -0.1) is 0 Å². The zero-order chi connectivity index (χ0) is 12.8. The first-order valence-electron chi connectivity index (χ1n) is 4.76. The molecule has 0 aromatic heterocycles. The van der Waals surface area contributed by atoms with E-state index in [4.69, 9.17) is 20.5 Å². The van der Waals surface area contributed by atoms with Crippen LogP contribution in [0.1, 0.15) is 5.56 Å². The van der Waals surface area contributed by atoms with E-state index in [2.05, 4.69) is 0 Å². The maximum atomic E-state index is 10.8. The number of hydrogen-bond donors (Lipinski definition) is 1. The summed E-state index contributed by atoms with van der Waals surface area (Å²) in [4.78, 5) is 10.8. The minimum atomic E-state index is -0.670. The fourth-order valence-electron chi connectivity index (χ4n) is 1.33. The summed E-state index contributed by atoms with van der Waals surface area (Å²) >= 11 is 0. The predicted molar refractivity (Wildman–Crippen MR) is 62.3 cm³/mol. The molecule has 0 aliphatic heterocycles. The van der Waals surface area contributed by atoms with Gasteiger partial charge in [0.05, 0.1) is 25.9 Å². The van der Waals surface area contributed by atoms with E-state index in [1.54, 1.807) is 18.2 Å². The van der Waals surface area contributed by atoms with Gasteiger partial charge >= 0.3 is 0 Å². The third-order valence-corrected chi connectivity index (χ3v) is 2.10. The molecule has 0 spiro atoms. The van der Waals surface area contributed by atoms with E-state index in [9.17, 15) is 4.79 Å². The molecule has 0 radical (unpaired) electrons. The number of hydrogen-bond acceptors (Lipinski definition) is 4. The maximum Gasteiger partial charge on any atom is 0.242 e. The van der Waals surface area contributed by atoms with Gasteiger partial charge < -0.3 is 15.2 Å². The lowest BCUT2D eigenvalue weighted by Crippen LogP contribution is -2.06. The third kappa shape index (κ3) is 2.98. The fraction of sp³-hybridized carbons (Fsp3) is 0.167. The summed E-state index contributed by atoms with van der Waals surface area (Å²) in [5, 5.41) is 8.92. The molecular weight excluding hydrogens is 220 g/mol. The van der Waals surface area contributed by atoms with Gasteiger partial charge in [-0.3, -0.25) is 4.79 Å². The summed E-state index contributed by atoms with van der Waals surface area (Å²) in [7, 11) is 3.01. The van der Waals surface area contributed by atoms with Gasteiger partial charge in [0.2, 0.25) is 5.91 Å². The molecule has 0 saturated heterocycles. The quantitative estimate of drug-likeness (QED) is 0.622. The molecule has 1 aromatic carbocycles. The molecule has 0 unspecified atom stereocenters. The van der Waals surface area contributed by atoms with Crippen molar-refractivity contribution in [1.82, 2.24) is 0 Å². The Kier molecular flexibility index (Phi) is 4.12. The Morgan fingerprint density at radius 1 is 1.35 bits per heavy atom. The van der Waals surface area contributed by atoms with Crippen molar-refractivity contribution in [3.8, 4) is 17.6 Å². The van der Waals surface area contributed by atoms with Crippen LogP contribution in [0.25, 0.3) is 5.57 Å². The van der Waals surface area contributed by atoms with Crippen molar-refractivity contribution in [3.63, 3.8) is 0 Å². The first kappa shape index (κ1) is 12.6. The average molecular weight is 232 g/mol. The number of methoxy groups -OCH3 is 2. The Hall–Kier alpha value is -2.48. The second-order valence-corrected chi connectivity index (χ2v) is 3.14. The summed E-state index contributed by atoms with van der Waals surface area (Å²) in [6, 6.07) is 6.82. The number of benzene rings is 1. The number of ether oxygens (including phenoxy) is 2. The highest BCUT2D eigenvalue weighted by molar-refractivity contribution is 5.97. The lowest BCUT2D eigenvalue weighted by molar-refractivity contribution is -0.113. The highest BCUT2D eigenvalue weighted by Crippen LogP contribution is 2.30. The molecule has 5 nitrogen and oxygen atoms in total. The molecule has 88 valence electrons. The molecule has 1 amide bonds. The summed E-state index contributed by atoms with van der Waals surface area (Å²) in [6.45, 7) is 0. The van der Waals surface area contributed by atoms with E-state index in [0.29, 0.717) is 17.1 Å². The van der Waals surface area contributed by atoms with Gasteiger partial charge in [-0.25, -0.2) is 0 Å². The van der Waals surface area contributed by atoms with E-state index in [0.717, 1.165) is 6.08 Å². The van der Waals surface area contributed by atoms with Crippen LogP contribution < -0.4 is 15.2 Å². The van der Waals surface area contributed by atoms with Gasteiger partial charge in [0, 0.05) is 6.08 Å². The monoisotopic (exact) mass is 232 g/mol. The second-order valence-electron chi connectivity index (χ2n) is 3.14. The highest BCUT2D eigenvalue weighted by atomic mass is 16.5. The molecule has 17 heavy (non-hydrogen) atoms. The topological polar surface area (TPSA) is 85.3 Å². The van der Waals surface area contributed by atoms with E-state index >= 15 is 0 Å². The molecule has 0 bridgehead atoms. The lowest BCUT2D eigenvalue weighted by atomic mass is 10.1. The van der Waals surface area contributed by atoms with E-state index in [1.807, 2.05) is 6.07 Å². The molecule has 5 heteroatoms. The van der Waals surface area contributed by atoms with E-state index < -0.39 is 5.91 Å². The van der Waals surface area contributed by atoms with Crippen LogP contribution in [0.4, 0.5) is 0 Å². The Balaban J connectivity index is 3.24. The van der Waals surface area contributed by atoms with Crippen molar-refractivity contribution < 1.29 is 14.3 Å². The summed E-state index contributed by atoms with van der Waals surface area (Å²) < 4.78 is 10.2. The zero-order valence-corrected chi connectivity index (χ0v) is 9.56. The SMILES string of the molecule is COc1ccc(C(C#N)=CC(N)=O)cc1OC. The first-order valence-corrected chi connectivity index (χ1v) is 4.76. The smallest absolute Gasteiger partial charge is 0.242 e. The third-order valence-electron chi connectivity index (χ3n) is 2.10. The van der Waals surface area contributed by atoms with Crippen molar-refractivity contribution >= 4 is 11.5 Å². The Morgan fingerprint density at radius 2 is 2.00 bits per heavy atom. The maximum absolute atomic E-state index is 10.8. The number of amides is 1. The second kappa shape index (κ2) is 5.56. The van der Waals surface area contributed by atoms with Crippen molar-refractivity contribution in [3.05, 3.63) is 29.8 Å². The number of nitriles is 1. The van der Waals surface area contributed by atoms with Gasteiger partial charge in [0.1, 0.15) is 0 Å². The number of nitrogens with two attached hydrogens (primary N) is 1. The van der Waals surface area contributed by atoms with Crippen LogP contribution in [-0.4, -0.2) is 20.1 Å². The van der Waals surface area contributed by atoms with Gasteiger partial charge in [-0.05, 0) is 23.8 Å². The van der Waals surface area contributed by atoms with Gasteiger partial charge in [0.15, 0.2) is 11.5 Å². The van der Waals surface area contributed by atoms with Crippen LogP contribution >= 0.6 is 0 Å². The number of carbonyl (C=O) groups is 1. The van der Waals surface area contributed by atoms with Gasteiger partial charge in [0.25, 0.3) is 0 Å². The molecule has 0 aliphatic carbocycles. The molecule has 0 fully saturated rings. The van der Waals surface area contributed by atoms with Crippen LogP contribution in [-0.2, 0) is 4.79 Å². The molecule has 1 aromatic rings. The van der Waals surface area contributed by atoms with Gasteiger partial charge in [-0.2, -0.15) is 5.26 Å². The number of carbonyl (C=O) groups excluding carboxylic acids is 1. The lowest BCUT2D eigenvalue weighted by Gasteiger charge is -2.08. The standard InChI is InChI=1S/C12H12N2O3/c1-16-10-4-3-8(5-11(10)17-2)9(7-13)6-12(14)15/h3-6H,1-2H3,(H2,14,15). The molecular formula is C12H12N2O3. The Bertz CT molecular complexity index is 501. The van der Waals surface area contributed by atoms with Crippen molar-refractivity contribution in [2.75, 3.05) is 14.2 Å². The van der Waals surface area contributed by atoms with Crippen LogP contribution in [0.15, 0.2) is 24.3 Å². The van der Waals surface area contributed by atoms with E-state index in [1.165, 1.54) is 14.2 Å². The predicted octanol–water partition coefficient (Wildman–Crippen LogP) is 1.10. The van der Waals surface area contributed by atoms with Crippen LogP contribution in [0, 0.1) is 11.3 Å². The van der Waals surface area contributed by atoms with Crippen molar-refractivity contribution in [2.45, 2.75) is 0 Å². The minimum absolute atomic E-state index is 0.179. The molecule has 0 heterocycles. The fourth-order valence-corrected chi connectivity index (χ4v) is 1.33.